The monoisotopic (exact) mass is 345 g/mol. The number of rotatable bonds is 4. The molecule has 24 heavy (non-hydrogen) atoms. The van der Waals surface area contributed by atoms with E-state index in [1.807, 2.05) is 6.07 Å². The van der Waals surface area contributed by atoms with Crippen LogP contribution in [-0.4, -0.2) is 73.0 Å². The van der Waals surface area contributed by atoms with Gasteiger partial charge in [-0.05, 0) is 12.8 Å². The van der Waals surface area contributed by atoms with Gasteiger partial charge in [-0.2, -0.15) is 13.2 Å². The number of nitrogens with zero attached hydrogens (tertiary/aromatic N) is 4. The molecule has 1 aromatic rings. The summed E-state index contributed by atoms with van der Waals surface area (Å²) in [6.07, 6.45) is -1.26. The highest BCUT2D eigenvalue weighted by Gasteiger charge is 2.32. The summed E-state index contributed by atoms with van der Waals surface area (Å²) in [6, 6.07) is 2.04. The van der Waals surface area contributed by atoms with Crippen LogP contribution in [0.5, 0.6) is 0 Å². The fourth-order valence-electron chi connectivity index (χ4n) is 3.09. The van der Waals surface area contributed by atoms with Crippen molar-refractivity contribution in [3.63, 3.8) is 0 Å². The Morgan fingerprint density at radius 3 is 2.50 bits per heavy atom. The number of likely N-dealkylation sites (tertiary alicyclic amines) is 1. The van der Waals surface area contributed by atoms with Crippen molar-refractivity contribution in [2.24, 2.45) is 0 Å². The Kier molecular flexibility index (Phi) is 5.40. The number of alkyl halides is 3. The van der Waals surface area contributed by atoms with Crippen LogP contribution in [-0.2, 0) is 4.74 Å². The number of halogens is 3. The van der Waals surface area contributed by atoms with E-state index in [1.54, 1.807) is 0 Å². The zero-order chi connectivity index (χ0) is 17.0. The third kappa shape index (κ3) is 4.94. The van der Waals surface area contributed by atoms with Gasteiger partial charge in [0.1, 0.15) is 18.0 Å². The number of anilines is 2. The van der Waals surface area contributed by atoms with Gasteiger partial charge in [-0.3, -0.25) is 4.90 Å². The Morgan fingerprint density at radius 2 is 1.83 bits per heavy atom. The van der Waals surface area contributed by atoms with Gasteiger partial charge in [0.05, 0.1) is 19.8 Å². The lowest BCUT2D eigenvalue weighted by molar-refractivity contribution is -0.147. The van der Waals surface area contributed by atoms with Gasteiger partial charge in [0.2, 0.25) is 0 Å². The summed E-state index contributed by atoms with van der Waals surface area (Å²) in [6.45, 7) is 3.03. The van der Waals surface area contributed by atoms with Crippen LogP contribution in [0.1, 0.15) is 12.8 Å². The second kappa shape index (κ2) is 7.52. The molecule has 3 rings (SSSR count). The topological polar surface area (TPSA) is 53.5 Å². The van der Waals surface area contributed by atoms with E-state index in [0.717, 1.165) is 24.7 Å². The van der Waals surface area contributed by atoms with Crippen molar-refractivity contribution in [2.75, 3.05) is 56.2 Å². The van der Waals surface area contributed by atoms with Crippen molar-refractivity contribution < 1.29 is 17.9 Å². The van der Waals surface area contributed by atoms with Crippen molar-refractivity contribution >= 4 is 11.6 Å². The van der Waals surface area contributed by atoms with E-state index in [1.165, 1.54) is 11.2 Å². The maximum absolute atomic E-state index is 12.4. The summed E-state index contributed by atoms with van der Waals surface area (Å²) < 4.78 is 42.6. The van der Waals surface area contributed by atoms with Gasteiger partial charge in [0.25, 0.3) is 0 Å². The molecular formula is C15H22F3N5O. The third-order valence-electron chi connectivity index (χ3n) is 4.33. The zero-order valence-electron chi connectivity index (χ0n) is 13.4. The van der Waals surface area contributed by atoms with Crippen LogP contribution in [0.25, 0.3) is 0 Å². The molecule has 2 aliphatic rings. The SMILES string of the molecule is FC(F)(F)CN1CCC(Nc2cc(N3CCOCC3)ncn2)CC1. The van der Waals surface area contributed by atoms with Gasteiger partial charge in [-0.15, -0.1) is 0 Å². The van der Waals surface area contributed by atoms with Gasteiger partial charge in [-0.1, -0.05) is 0 Å². The summed E-state index contributed by atoms with van der Waals surface area (Å²) in [5, 5.41) is 3.33. The highest BCUT2D eigenvalue weighted by molar-refractivity contribution is 5.49. The van der Waals surface area contributed by atoms with Crippen LogP contribution in [0.15, 0.2) is 12.4 Å². The fourth-order valence-corrected chi connectivity index (χ4v) is 3.09. The first kappa shape index (κ1) is 17.2. The number of nitrogens with one attached hydrogen (secondary N) is 1. The quantitative estimate of drug-likeness (QED) is 0.897. The molecule has 1 aromatic heterocycles. The first-order valence-electron chi connectivity index (χ1n) is 8.20. The molecule has 3 heterocycles. The van der Waals surface area contributed by atoms with E-state index < -0.39 is 12.7 Å². The summed E-state index contributed by atoms with van der Waals surface area (Å²) in [4.78, 5) is 12.1. The maximum atomic E-state index is 12.4. The van der Waals surface area contributed by atoms with Crippen molar-refractivity contribution in [1.29, 1.82) is 0 Å². The second-order valence-electron chi connectivity index (χ2n) is 6.17. The molecule has 9 heteroatoms. The summed E-state index contributed by atoms with van der Waals surface area (Å²) in [7, 11) is 0. The standard InChI is InChI=1S/C15H22F3N5O/c16-15(17,18)10-22-3-1-12(2-4-22)21-13-9-14(20-11-19-13)23-5-7-24-8-6-23/h9,11-12H,1-8,10H2,(H,19,20,21). The van der Waals surface area contributed by atoms with Gasteiger partial charge < -0.3 is 15.0 Å². The molecule has 134 valence electrons. The lowest BCUT2D eigenvalue weighted by atomic mass is 10.1. The molecule has 2 saturated heterocycles. The predicted octanol–water partition coefficient (Wildman–Crippen LogP) is 1.75. The lowest BCUT2D eigenvalue weighted by Gasteiger charge is -2.33. The normalized spacial score (nSPS) is 21.0. The Balaban J connectivity index is 1.52. The average Bonchev–Trinajstić information content (AvgIpc) is 2.56. The van der Waals surface area contributed by atoms with Crippen molar-refractivity contribution in [1.82, 2.24) is 14.9 Å². The van der Waals surface area contributed by atoms with Gasteiger partial charge in [-0.25, -0.2) is 9.97 Å². The first-order chi connectivity index (χ1) is 11.5. The van der Waals surface area contributed by atoms with Gasteiger partial charge in [0.15, 0.2) is 0 Å². The molecule has 0 atom stereocenters. The Bertz CT molecular complexity index is 528. The highest BCUT2D eigenvalue weighted by atomic mass is 19.4. The molecule has 0 radical (unpaired) electrons. The Labute approximate surface area is 139 Å². The fraction of sp³-hybridized carbons (Fsp3) is 0.733. The molecule has 0 aliphatic carbocycles. The first-order valence-corrected chi connectivity index (χ1v) is 8.20. The number of hydrogen-bond donors (Lipinski definition) is 1. The van der Waals surface area contributed by atoms with Crippen LogP contribution in [0.4, 0.5) is 24.8 Å². The van der Waals surface area contributed by atoms with Crippen LogP contribution in [0, 0.1) is 0 Å². The van der Waals surface area contributed by atoms with Crippen LogP contribution < -0.4 is 10.2 Å². The van der Waals surface area contributed by atoms with Crippen LogP contribution in [0.3, 0.4) is 0 Å². The van der Waals surface area contributed by atoms with E-state index in [-0.39, 0.29) is 6.04 Å². The molecule has 6 nitrogen and oxygen atoms in total. The molecule has 2 aliphatic heterocycles. The van der Waals surface area contributed by atoms with E-state index in [0.29, 0.717) is 39.1 Å². The molecule has 0 saturated carbocycles. The molecule has 0 aromatic carbocycles. The zero-order valence-corrected chi connectivity index (χ0v) is 13.4. The minimum absolute atomic E-state index is 0.141. The number of piperidine rings is 1. The van der Waals surface area contributed by atoms with Crippen molar-refractivity contribution in [3.05, 3.63) is 12.4 Å². The number of hydrogen-bond acceptors (Lipinski definition) is 6. The largest absolute Gasteiger partial charge is 0.401 e. The molecule has 0 amide bonds. The molecule has 1 N–H and O–H groups in total. The minimum Gasteiger partial charge on any atom is -0.378 e. The van der Waals surface area contributed by atoms with Crippen LogP contribution in [0.2, 0.25) is 0 Å². The lowest BCUT2D eigenvalue weighted by Crippen LogP contribution is -2.43. The predicted molar refractivity (Wildman–Crippen MR) is 84.2 cm³/mol. The van der Waals surface area contributed by atoms with Crippen molar-refractivity contribution in [3.8, 4) is 0 Å². The van der Waals surface area contributed by atoms with E-state index >= 15 is 0 Å². The highest BCUT2D eigenvalue weighted by Crippen LogP contribution is 2.22. The second-order valence-corrected chi connectivity index (χ2v) is 6.17. The van der Waals surface area contributed by atoms with E-state index in [4.69, 9.17) is 4.74 Å². The number of aromatic nitrogens is 2. The van der Waals surface area contributed by atoms with E-state index in [2.05, 4.69) is 20.2 Å². The van der Waals surface area contributed by atoms with E-state index in [9.17, 15) is 13.2 Å². The van der Waals surface area contributed by atoms with Gasteiger partial charge in [0, 0.05) is 38.3 Å². The smallest absolute Gasteiger partial charge is 0.378 e. The minimum atomic E-state index is -4.13. The molecule has 0 spiro atoms. The Hall–Kier alpha value is -1.61. The summed E-state index contributed by atoms with van der Waals surface area (Å²) >= 11 is 0. The molecular weight excluding hydrogens is 323 g/mol. The summed E-state index contributed by atoms with van der Waals surface area (Å²) in [5.41, 5.74) is 0. The average molecular weight is 345 g/mol. The molecule has 0 unspecified atom stereocenters. The third-order valence-corrected chi connectivity index (χ3v) is 4.33. The number of ether oxygens (including phenoxy) is 1. The van der Waals surface area contributed by atoms with Crippen molar-refractivity contribution in [2.45, 2.75) is 25.1 Å². The number of morpholine rings is 1. The Morgan fingerprint density at radius 1 is 1.12 bits per heavy atom. The van der Waals surface area contributed by atoms with Gasteiger partial charge >= 0.3 is 6.18 Å². The maximum Gasteiger partial charge on any atom is 0.401 e. The molecule has 0 bridgehead atoms. The molecule has 2 fully saturated rings. The summed E-state index contributed by atoms with van der Waals surface area (Å²) in [5.74, 6) is 1.58. The van der Waals surface area contributed by atoms with Crippen LogP contribution >= 0.6 is 0 Å².